The van der Waals surface area contributed by atoms with Gasteiger partial charge in [0.1, 0.15) is 11.4 Å². The number of aldehydes is 2. The monoisotopic (exact) mass is 632 g/mol. The zero-order valence-electron chi connectivity index (χ0n) is 24.0. The van der Waals surface area contributed by atoms with Crippen molar-refractivity contribution in [2.24, 2.45) is 30.9 Å². The number of hydrogen-bond donors (Lipinski definition) is 0. The van der Waals surface area contributed by atoms with Crippen LogP contribution in [0.3, 0.4) is 0 Å². The number of fused-ring (bicyclic) bond motifs is 9. The molecule has 5 rings (SSSR count). The summed E-state index contributed by atoms with van der Waals surface area (Å²) in [5.74, 6) is 0. The number of carbonyl (C=O) groups excluding carboxylic acids is 2. The van der Waals surface area contributed by atoms with E-state index in [0.717, 1.165) is 0 Å². The van der Waals surface area contributed by atoms with Crippen molar-refractivity contribution in [2.45, 2.75) is 41.5 Å². The SMILES string of the molecule is CC1=N\O[B-]2(c3ccc(C=O)nc3)O/N=C(C)/C(C)=N/O[B-](c3ccc(C=O)nc3)(O\N=C\1C)O/N=C(C)/C(C)=N/O2.[Fe+2]. The van der Waals surface area contributed by atoms with E-state index in [9.17, 15) is 9.59 Å². The summed E-state index contributed by atoms with van der Waals surface area (Å²) < 4.78 is 35.1. The number of rotatable bonds is 4. The van der Waals surface area contributed by atoms with Crippen molar-refractivity contribution >= 4 is 71.3 Å². The molecule has 16 nitrogen and oxygen atoms in total. The molecule has 0 aromatic carbocycles. The maximum atomic E-state index is 11.2. The van der Waals surface area contributed by atoms with E-state index in [0.29, 0.717) is 12.6 Å². The molecule has 3 aliphatic rings. The number of hydrogen-bond acceptors (Lipinski definition) is 16. The molecule has 0 saturated carbocycles. The number of nitrogens with zero attached hydrogens (tertiary/aromatic N) is 8. The molecule has 5 heterocycles. The third-order valence-electron chi connectivity index (χ3n) is 6.22. The van der Waals surface area contributed by atoms with Gasteiger partial charge in [0.05, 0.1) is 34.3 Å². The third-order valence-corrected chi connectivity index (χ3v) is 6.22. The third kappa shape index (κ3) is 7.31. The van der Waals surface area contributed by atoms with Gasteiger partial charge in [0.2, 0.25) is 0 Å². The first-order chi connectivity index (χ1) is 20.1. The van der Waals surface area contributed by atoms with Crippen LogP contribution < -0.4 is 10.9 Å². The molecule has 43 heavy (non-hydrogen) atoms. The van der Waals surface area contributed by atoms with Crippen molar-refractivity contribution in [2.75, 3.05) is 0 Å². The Kier molecular flexibility index (Phi) is 10.5. The number of oxime groups is 6. The molecule has 19 heteroatoms. The second kappa shape index (κ2) is 13.8. The van der Waals surface area contributed by atoms with E-state index in [1.165, 1.54) is 36.7 Å². The summed E-state index contributed by atoms with van der Waals surface area (Å²) >= 11 is 0. The molecule has 0 saturated heterocycles. The van der Waals surface area contributed by atoms with Crippen molar-refractivity contribution < 1.29 is 55.2 Å². The summed E-state index contributed by atoms with van der Waals surface area (Å²) in [5.41, 5.74) is 2.07. The van der Waals surface area contributed by atoms with Crippen LogP contribution in [-0.2, 0) is 45.6 Å². The van der Waals surface area contributed by atoms with Crippen LogP contribution in [0.5, 0.6) is 0 Å². The summed E-state index contributed by atoms with van der Waals surface area (Å²) in [5, 5.41) is 24.9. The summed E-state index contributed by atoms with van der Waals surface area (Å²) in [6.45, 7) is 3.26. The van der Waals surface area contributed by atoms with Crippen LogP contribution >= 0.6 is 0 Å². The molecule has 2 bridgehead atoms. The molecule has 2 aromatic rings. The minimum absolute atomic E-state index is 0. The van der Waals surface area contributed by atoms with Crippen LogP contribution in [0, 0.1) is 0 Å². The first kappa shape index (κ1) is 32.6. The average molecular weight is 632 g/mol. The van der Waals surface area contributed by atoms with Crippen molar-refractivity contribution in [3.05, 3.63) is 48.0 Å². The molecule has 2 aromatic heterocycles. The Hall–Kier alpha value is -4.89. The fraction of sp³-hybridized carbons (Fsp3) is 0.250. The van der Waals surface area contributed by atoms with Gasteiger partial charge in [-0.05, 0) is 53.7 Å². The molecular weight excluding hydrogens is 606 g/mol. The van der Waals surface area contributed by atoms with Crippen molar-refractivity contribution in [3.63, 3.8) is 0 Å². The van der Waals surface area contributed by atoms with Gasteiger partial charge in [-0.25, -0.2) is 0 Å². The predicted molar refractivity (Wildman–Crippen MR) is 155 cm³/mol. The fourth-order valence-corrected chi connectivity index (χ4v) is 3.16. The van der Waals surface area contributed by atoms with E-state index >= 15 is 0 Å². The first-order valence-corrected chi connectivity index (χ1v) is 12.6. The molecule has 0 radical (unpaired) electrons. The van der Waals surface area contributed by atoms with Crippen molar-refractivity contribution in [1.29, 1.82) is 0 Å². The van der Waals surface area contributed by atoms with Gasteiger partial charge < -0.3 is 28.5 Å². The van der Waals surface area contributed by atoms with Gasteiger partial charge in [0.25, 0.3) is 0 Å². The average Bonchev–Trinajstić information content (AvgIpc) is 3.02. The van der Waals surface area contributed by atoms with E-state index in [2.05, 4.69) is 40.9 Å². The number of pyridine rings is 2. The van der Waals surface area contributed by atoms with Gasteiger partial charge >= 0.3 is 30.6 Å². The largest absolute Gasteiger partial charge is 2.00 e. The maximum absolute atomic E-state index is 11.2. The first-order valence-electron chi connectivity index (χ1n) is 12.6. The van der Waals surface area contributed by atoms with Gasteiger partial charge in [-0.15, -0.1) is 30.9 Å². The molecule has 224 valence electrons. The van der Waals surface area contributed by atoms with Crippen LogP contribution in [0.2, 0.25) is 0 Å². The minimum Gasteiger partial charge on any atom is -0.536 e. The standard InChI is InChI=1S/C24H26B2N8O8.Fe/c1-15-16(2)30-38-26(22-8-10-24(14-36)28-12-22)41-33-19(5)17(3)31-39-25(37-29-15,21-7-9-23(13-35)27-11-21)40-32-18(4)20(6)34-42-26;/h7-14H,1-6H3;/q-2;+2/b29-15+,30-16+,31-17+,32-18+,33-19+,34-20+;. The van der Waals surface area contributed by atoms with Gasteiger partial charge in [0.15, 0.2) is 12.6 Å². The Morgan fingerprint density at radius 2 is 0.744 bits per heavy atom. The Balaban J connectivity index is 0.00000506. The Labute approximate surface area is 256 Å². The van der Waals surface area contributed by atoms with E-state index in [4.69, 9.17) is 28.5 Å². The molecule has 3 aliphatic heterocycles. The number of carbonyl (C=O) groups is 2. The summed E-state index contributed by atoms with van der Waals surface area (Å²) in [6.07, 6.45) is 3.79. The zero-order valence-corrected chi connectivity index (χ0v) is 25.1. The summed E-state index contributed by atoms with van der Waals surface area (Å²) in [6, 6.07) is 5.88. The minimum atomic E-state index is -3.12. The molecular formula is C24H26B2FeN8O8. The fourth-order valence-electron chi connectivity index (χ4n) is 3.16. The van der Waals surface area contributed by atoms with Gasteiger partial charge in [0, 0.05) is 12.4 Å². The van der Waals surface area contributed by atoms with Crippen LogP contribution in [-0.4, -0.2) is 70.3 Å². The van der Waals surface area contributed by atoms with Crippen LogP contribution in [0.25, 0.3) is 0 Å². The second-order valence-electron chi connectivity index (χ2n) is 9.25. The molecule has 0 amide bonds. The van der Waals surface area contributed by atoms with Gasteiger partial charge in [-0.1, -0.05) is 23.1 Å². The van der Waals surface area contributed by atoms with E-state index in [1.54, 1.807) is 41.5 Å². The Bertz CT molecular complexity index is 1330. The molecule has 0 aliphatic carbocycles. The summed E-state index contributed by atoms with van der Waals surface area (Å²) in [4.78, 5) is 30.6. The molecule has 0 spiro atoms. The smallest absolute Gasteiger partial charge is 0.536 e. The van der Waals surface area contributed by atoms with Crippen LogP contribution in [0.15, 0.2) is 67.6 Å². The molecule has 0 N–H and O–H groups in total. The normalized spacial score (nSPS) is 29.7. The van der Waals surface area contributed by atoms with E-state index < -0.39 is 13.5 Å². The molecule has 0 atom stereocenters. The van der Waals surface area contributed by atoms with Crippen molar-refractivity contribution in [3.8, 4) is 0 Å². The number of aromatic nitrogens is 2. The molecule has 0 fully saturated rings. The van der Waals surface area contributed by atoms with E-state index in [1.807, 2.05) is 0 Å². The van der Waals surface area contributed by atoms with Crippen LogP contribution in [0.4, 0.5) is 0 Å². The zero-order chi connectivity index (χ0) is 30.3. The maximum Gasteiger partial charge on any atom is 2.00 e. The Morgan fingerprint density at radius 3 is 0.930 bits per heavy atom. The van der Waals surface area contributed by atoms with Crippen molar-refractivity contribution in [1.82, 2.24) is 9.97 Å². The van der Waals surface area contributed by atoms with Gasteiger partial charge in [-0.2, -0.15) is 0 Å². The second-order valence-corrected chi connectivity index (χ2v) is 9.25. The van der Waals surface area contributed by atoms with Gasteiger partial charge in [-0.3, -0.25) is 19.6 Å². The topological polar surface area (TPSA) is 189 Å². The van der Waals surface area contributed by atoms with E-state index in [-0.39, 0.29) is 73.7 Å². The Morgan fingerprint density at radius 1 is 0.488 bits per heavy atom. The quantitative estimate of drug-likeness (QED) is 0.353. The summed E-state index contributed by atoms with van der Waals surface area (Å²) in [7, 11) is 0. The van der Waals surface area contributed by atoms with Crippen LogP contribution in [0.1, 0.15) is 62.5 Å². The molecule has 0 unspecified atom stereocenters. The predicted octanol–water partition coefficient (Wildman–Crippen LogP) is 1.47.